The molecule has 2 aliphatic rings. The van der Waals surface area contributed by atoms with Crippen molar-refractivity contribution in [2.75, 3.05) is 13.1 Å². The Morgan fingerprint density at radius 2 is 1.66 bits per heavy atom. The number of halogens is 7. The third-order valence-electron chi connectivity index (χ3n) is 5.53. The van der Waals surface area contributed by atoms with Gasteiger partial charge in [-0.15, -0.1) is 0 Å². The van der Waals surface area contributed by atoms with E-state index in [1.54, 1.807) is 0 Å². The molecule has 0 aliphatic carbocycles. The van der Waals surface area contributed by atoms with Crippen molar-refractivity contribution < 1.29 is 36.7 Å². The number of likely N-dealkylation sites (tertiary alicyclic amines) is 1. The van der Waals surface area contributed by atoms with Crippen LogP contribution in [-0.2, 0) is 16.1 Å². The highest BCUT2D eigenvalue weighted by atomic mass is 35.5. The SMILES string of the molecule is O=C(O)N1CC(F)(c2ccc(C3=NOC(c4cc(Cl)c(F)c(Cl)c4)(C(F)(F)F)C3)cc2)C1. The molecule has 12 heteroatoms. The van der Waals surface area contributed by atoms with Gasteiger partial charge in [0.25, 0.3) is 5.60 Å². The summed E-state index contributed by atoms with van der Waals surface area (Å²) in [5, 5.41) is 11.2. The summed E-state index contributed by atoms with van der Waals surface area (Å²) in [4.78, 5) is 16.6. The summed E-state index contributed by atoms with van der Waals surface area (Å²) in [5.74, 6) is -1.05. The van der Waals surface area contributed by atoms with Crippen LogP contribution in [0.5, 0.6) is 0 Å². The zero-order valence-electron chi connectivity index (χ0n) is 15.9. The Kier molecular flexibility index (Phi) is 5.28. The fraction of sp³-hybridized carbons (Fsp3) is 0.300. The highest BCUT2D eigenvalue weighted by Crippen LogP contribution is 2.50. The van der Waals surface area contributed by atoms with Crippen molar-refractivity contribution in [3.8, 4) is 0 Å². The zero-order valence-corrected chi connectivity index (χ0v) is 17.4. The first kappa shape index (κ1) is 22.6. The van der Waals surface area contributed by atoms with E-state index in [9.17, 15) is 26.7 Å². The first-order valence-electron chi connectivity index (χ1n) is 9.11. The lowest BCUT2D eigenvalue weighted by Gasteiger charge is -2.42. The van der Waals surface area contributed by atoms with Crippen molar-refractivity contribution in [1.29, 1.82) is 0 Å². The molecule has 170 valence electrons. The summed E-state index contributed by atoms with van der Waals surface area (Å²) in [6, 6.07) is 7.04. The van der Waals surface area contributed by atoms with Crippen molar-refractivity contribution in [1.82, 2.24) is 4.90 Å². The van der Waals surface area contributed by atoms with Crippen LogP contribution in [0.25, 0.3) is 0 Å². The normalized spacial score (nSPS) is 22.2. The van der Waals surface area contributed by atoms with Gasteiger partial charge in [-0.1, -0.05) is 52.6 Å². The maximum atomic E-state index is 14.8. The Labute approximate surface area is 188 Å². The summed E-state index contributed by atoms with van der Waals surface area (Å²) in [7, 11) is 0. The van der Waals surface area contributed by atoms with Crippen LogP contribution in [0, 0.1) is 5.82 Å². The monoisotopic (exact) mass is 494 g/mol. The van der Waals surface area contributed by atoms with E-state index in [4.69, 9.17) is 33.1 Å². The van der Waals surface area contributed by atoms with Gasteiger partial charge in [0.1, 0.15) is 0 Å². The number of benzene rings is 2. The van der Waals surface area contributed by atoms with Crippen LogP contribution in [0.3, 0.4) is 0 Å². The maximum absolute atomic E-state index is 14.8. The predicted octanol–water partition coefficient (Wildman–Crippen LogP) is 5.87. The Hall–Kier alpha value is -2.59. The van der Waals surface area contributed by atoms with Gasteiger partial charge in [-0.25, -0.2) is 13.6 Å². The standard InChI is InChI=1S/C20H13Cl2F5N2O3/c21-13-5-12(6-14(22)16(13)23)19(20(25,26)27)7-15(28-32-19)10-1-3-11(4-2-10)18(24)8-29(9-18)17(30)31/h1-6H,7-9H2,(H,30,31). The highest BCUT2D eigenvalue weighted by Gasteiger charge is 2.62. The van der Waals surface area contributed by atoms with Gasteiger partial charge in [0.05, 0.1) is 28.8 Å². The van der Waals surface area contributed by atoms with Gasteiger partial charge in [-0.2, -0.15) is 13.2 Å². The number of carboxylic acid groups (broad SMARTS) is 1. The Balaban J connectivity index is 1.60. The van der Waals surface area contributed by atoms with Gasteiger partial charge in [0.15, 0.2) is 11.5 Å². The summed E-state index contributed by atoms with van der Waals surface area (Å²) < 4.78 is 70.7. The lowest BCUT2D eigenvalue weighted by atomic mass is 9.85. The van der Waals surface area contributed by atoms with Gasteiger partial charge in [0, 0.05) is 12.0 Å². The topological polar surface area (TPSA) is 62.1 Å². The molecule has 2 aliphatic heterocycles. The first-order valence-corrected chi connectivity index (χ1v) is 9.86. The molecule has 2 aromatic rings. The van der Waals surface area contributed by atoms with E-state index in [-0.39, 0.29) is 29.9 Å². The molecule has 1 amide bonds. The van der Waals surface area contributed by atoms with Gasteiger partial charge < -0.3 is 14.8 Å². The minimum absolute atomic E-state index is 0.0703. The molecule has 1 atom stereocenters. The van der Waals surface area contributed by atoms with Crippen molar-refractivity contribution in [3.63, 3.8) is 0 Å². The van der Waals surface area contributed by atoms with E-state index < -0.39 is 51.4 Å². The number of alkyl halides is 4. The van der Waals surface area contributed by atoms with Crippen LogP contribution in [0.1, 0.15) is 23.1 Å². The molecule has 0 saturated carbocycles. The lowest BCUT2D eigenvalue weighted by molar-refractivity contribution is -0.275. The molecule has 0 radical (unpaired) electrons. The molecule has 0 bridgehead atoms. The minimum Gasteiger partial charge on any atom is -0.465 e. The van der Waals surface area contributed by atoms with E-state index in [1.165, 1.54) is 24.3 Å². The fourth-order valence-corrected chi connectivity index (χ4v) is 4.17. The quantitative estimate of drug-likeness (QED) is 0.428. The number of nitrogens with zero attached hydrogens (tertiary/aromatic N) is 2. The average Bonchev–Trinajstić information content (AvgIpc) is 3.16. The van der Waals surface area contributed by atoms with Crippen LogP contribution in [0.4, 0.5) is 26.7 Å². The van der Waals surface area contributed by atoms with Crippen LogP contribution >= 0.6 is 23.2 Å². The number of amides is 1. The molecule has 4 rings (SSSR count). The summed E-state index contributed by atoms with van der Waals surface area (Å²) >= 11 is 11.4. The molecular weight excluding hydrogens is 482 g/mol. The van der Waals surface area contributed by atoms with Crippen molar-refractivity contribution in [3.05, 3.63) is 69.0 Å². The minimum atomic E-state index is -4.95. The number of oxime groups is 1. The molecular formula is C20H13Cl2F5N2O3. The molecule has 0 spiro atoms. The molecule has 32 heavy (non-hydrogen) atoms. The van der Waals surface area contributed by atoms with E-state index in [2.05, 4.69) is 5.16 Å². The molecule has 1 unspecified atom stereocenters. The van der Waals surface area contributed by atoms with Gasteiger partial charge in [-0.05, 0) is 23.3 Å². The van der Waals surface area contributed by atoms with Crippen LogP contribution in [0.15, 0.2) is 41.6 Å². The fourth-order valence-electron chi connectivity index (χ4n) is 3.69. The Bertz CT molecular complexity index is 1090. The first-order chi connectivity index (χ1) is 14.9. The number of carbonyl (C=O) groups is 1. The predicted molar refractivity (Wildman–Crippen MR) is 105 cm³/mol. The van der Waals surface area contributed by atoms with Crippen LogP contribution in [-0.4, -0.2) is 41.1 Å². The van der Waals surface area contributed by atoms with Gasteiger partial charge in [0.2, 0.25) is 0 Å². The summed E-state index contributed by atoms with van der Waals surface area (Å²) in [6.45, 7) is -0.677. The molecule has 0 aromatic heterocycles. The molecule has 5 nitrogen and oxygen atoms in total. The second-order valence-corrected chi connectivity index (χ2v) is 8.38. The zero-order chi connectivity index (χ0) is 23.5. The summed E-state index contributed by atoms with van der Waals surface area (Å²) in [5.41, 5.74) is -4.95. The second kappa shape index (κ2) is 7.48. The van der Waals surface area contributed by atoms with Gasteiger partial charge in [-0.3, -0.25) is 0 Å². The number of hydrogen-bond donors (Lipinski definition) is 1. The third-order valence-corrected chi connectivity index (χ3v) is 6.08. The van der Waals surface area contributed by atoms with Gasteiger partial charge >= 0.3 is 12.3 Å². The van der Waals surface area contributed by atoms with Crippen molar-refractivity contribution in [2.24, 2.45) is 5.16 Å². The highest BCUT2D eigenvalue weighted by molar-refractivity contribution is 6.35. The summed E-state index contributed by atoms with van der Waals surface area (Å²) in [6.07, 6.45) is -6.93. The van der Waals surface area contributed by atoms with Crippen LogP contribution in [0.2, 0.25) is 10.0 Å². The average molecular weight is 495 g/mol. The van der Waals surface area contributed by atoms with E-state index >= 15 is 0 Å². The third kappa shape index (κ3) is 3.55. The molecule has 1 N–H and O–H groups in total. The molecule has 2 aromatic carbocycles. The van der Waals surface area contributed by atoms with Crippen molar-refractivity contribution >= 4 is 35.0 Å². The van der Waals surface area contributed by atoms with E-state index in [1.807, 2.05) is 0 Å². The Morgan fingerprint density at radius 1 is 1.09 bits per heavy atom. The molecule has 2 heterocycles. The van der Waals surface area contributed by atoms with E-state index in [0.29, 0.717) is 0 Å². The second-order valence-electron chi connectivity index (χ2n) is 7.57. The Morgan fingerprint density at radius 3 is 2.16 bits per heavy atom. The smallest absolute Gasteiger partial charge is 0.435 e. The largest absolute Gasteiger partial charge is 0.465 e. The molecule has 1 fully saturated rings. The number of hydrogen-bond acceptors (Lipinski definition) is 3. The van der Waals surface area contributed by atoms with Crippen LogP contribution < -0.4 is 0 Å². The molecule has 1 saturated heterocycles. The van der Waals surface area contributed by atoms with Crippen molar-refractivity contribution in [2.45, 2.75) is 23.9 Å². The number of rotatable bonds is 3. The maximum Gasteiger partial charge on any atom is 0.435 e. The lowest BCUT2D eigenvalue weighted by Crippen LogP contribution is -2.58. The van der Waals surface area contributed by atoms with E-state index in [0.717, 1.165) is 17.0 Å².